The van der Waals surface area contributed by atoms with Crippen molar-refractivity contribution in [2.75, 3.05) is 7.05 Å². The van der Waals surface area contributed by atoms with E-state index in [1.807, 2.05) is 18.2 Å². The number of hydrogen-bond donors (Lipinski definition) is 0. The predicted molar refractivity (Wildman–Crippen MR) is 48.8 cm³/mol. The molecule has 0 spiro atoms. The molecule has 3 nitrogen and oxygen atoms in total. The molecular weight excluding hydrogens is 202 g/mol. The molecule has 68 valence electrons. The first kappa shape index (κ1) is 15.6. The summed E-state index contributed by atoms with van der Waals surface area (Å²) >= 11 is 0. The van der Waals surface area contributed by atoms with E-state index in [9.17, 15) is 10.4 Å². The Kier molecular flexibility index (Phi) is 7.91. The van der Waals surface area contributed by atoms with E-state index in [4.69, 9.17) is 0 Å². The van der Waals surface area contributed by atoms with Crippen LogP contribution < -0.4 is 12.4 Å². The van der Waals surface area contributed by atoms with Crippen molar-refractivity contribution in [1.29, 1.82) is 0 Å². The third kappa shape index (κ3) is 7.24. The molecule has 13 heavy (non-hydrogen) atoms. The molecule has 0 fully saturated rings. The van der Waals surface area contributed by atoms with Gasteiger partial charge in [-0.25, -0.2) is 0 Å². The van der Waals surface area contributed by atoms with Crippen LogP contribution in [0.2, 0.25) is 0 Å². The Bertz CT molecular complexity index is 225. The van der Waals surface area contributed by atoms with E-state index in [2.05, 4.69) is 0 Å². The fourth-order valence-corrected chi connectivity index (χ4v) is 0.915. The molecule has 0 aromatic heterocycles. The Balaban J connectivity index is 0. The van der Waals surface area contributed by atoms with Crippen molar-refractivity contribution in [2.45, 2.75) is 6.54 Å². The minimum absolute atomic E-state index is 0. The van der Waals surface area contributed by atoms with Gasteiger partial charge in [0.05, 0.1) is 7.05 Å². The second-order valence-electron chi connectivity index (χ2n) is 2.66. The first-order valence-corrected chi connectivity index (χ1v) is 3.39. The zero-order valence-corrected chi connectivity index (χ0v) is 9.61. The second-order valence-corrected chi connectivity index (χ2v) is 2.66. The molecule has 0 saturated heterocycles. The van der Waals surface area contributed by atoms with Crippen LogP contribution in [0.15, 0.2) is 30.3 Å². The number of hydroxylamine groups is 4. The van der Waals surface area contributed by atoms with Gasteiger partial charge in [-0.15, -0.1) is 0 Å². The summed E-state index contributed by atoms with van der Waals surface area (Å²) in [5.41, 5.74) is 0.778. The molecule has 1 aromatic carbocycles. The smallest absolute Gasteiger partial charge is 1.00 e. The first-order chi connectivity index (χ1) is 5.08. The Hall–Kier alpha value is 0.156. The largest absolute Gasteiger partial charge is 2.00 e. The van der Waals surface area contributed by atoms with E-state index in [0.717, 1.165) is 12.6 Å². The van der Waals surface area contributed by atoms with Gasteiger partial charge in [0, 0.05) is 5.56 Å². The van der Waals surface area contributed by atoms with Crippen LogP contribution in [0.4, 0.5) is 0 Å². The van der Waals surface area contributed by atoms with Gasteiger partial charge in [0.2, 0.25) is 0 Å². The van der Waals surface area contributed by atoms with Gasteiger partial charge >= 0.3 is 23.1 Å². The summed E-state index contributed by atoms with van der Waals surface area (Å²) in [4.78, 5) is -1.51. The Morgan fingerprint density at radius 3 is 2.00 bits per heavy atom. The van der Waals surface area contributed by atoms with Crippen LogP contribution in [0.25, 0.3) is 0 Å². The standard InChI is InChI=1S/C8H10NO2.ClH.Mg/c1-9(10,11)7-8-5-3-2-4-6-8;;/h2-6H,7H2,1H3;1H;/q-1;;+2/p-1. The summed E-state index contributed by atoms with van der Waals surface area (Å²) in [6.45, 7) is -0.0131. The summed E-state index contributed by atoms with van der Waals surface area (Å²) in [5, 5.41) is 21.3. The van der Waals surface area contributed by atoms with E-state index >= 15 is 0 Å². The normalized spacial score (nSPS) is 9.77. The zero-order valence-electron chi connectivity index (χ0n) is 7.44. The quantitative estimate of drug-likeness (QED) is 0.331. The van der Waals surface area contributed by atoms with Gasteiger partial charge in [0.15, 0.2) is 0 Å². The molecule has 0 saturated carbocycles. The summed E-state index contributed by atoms with van der Waals surface area (Å²) in [7, 11) is 1.09. The molecule has 0 unspecified atom stereocenters. The summed E-state index contributed by atoms with van der Waals surface area (Å²) in [5.74, 6) is 0. The summed E-state index contributed by atoms with van der Waals surface area (Å²) in [6, 6.07) is 9.01. The van der Waals surface area contributed by atoms with Crippen LogP contribution >= 0.6 is 0 Å². The minimum atomic E-state index is -1.51. The van der Waals surface area contributed by atoms with Gasteiger partial charge in [-0.2, -0.15) is 0 Å². The van der Waals surface area contributed by atoms with Crippen LogP contribution in [0.3, 0.4) is 0 Å². The van der Waals surface area contributed by atoms with E-state index in [1.165, 1.54) is 0 Å². The van der Waals surface area contributed by atoms with Gasteiger partial charge < -0.3 is 27.6 Å². The van der Waals surface area contributed by atoms with Crippen LogP contribution in [0.1, 0.15) is 5.56 Å². The second kappa shape index (κ2) is 6.59. The van der Waals surface area contributed by atoms with E-state index in [1.54, 1.807) is 12.1 Å². The predicted octanol–water partition coefficient (Wildman–Crippen LogP) is -1.75. The van der Waals surface area contributed by atoms with Crippen molar-refractivity contribution in [2.24, 2.45) is 0 Å². The maximum atomic E-state index is 10.7. The number of benzene rings is 1. The van der Waals surface area contributed by atoms with E-state index in [-0.39, 0.29) is 42.0 Å². The summed E-state index contributed by atoms with van der Waals surface area (Å²) in [6.07, 6.45) is 0. The van der Waals surface area contributed by atoms with E-state index < -0.39 is 4.81 Å². The molecule has 0 radical (unpaired) electrons. The van der Waals surface area contributed by atoms with Gasteiger partial charge in [-0.3, -0.25) is 0 Å². The Morgan fingerprint density at radius 2 is 1.62 bits per heavy atom. The zero-order chi connectivity index (χ0) is 8.32. The first-order valence-electron chi connectivity index (χ1n) is 3.39. The number of hydrogen-bond acceptors (Lipinski definition) is 2. The van der Waals surface area contributed by atoms with Crippen molar-refractivity contribution in [3.8, 4) is 0 Å². The molecule has 0 N–H and O–H groups in total. The molecule has 0 aliphatic carbocycles. The SMILES string of the molecule is C[N+]([O-])([O-])Cc1ccccc1.[Cl-].[Mg+2]. The molecule has 0 bridgehead atoms. The Morgan fingerprint density at radius 1 is 1.15 bits per heavy atom. The molecule has 0 atom stereocenters. The van der Waals surface area contributed by atoms with Gasteiger partial charge in [0.25, 0.3) is 0 Å². The average molecular weight is 212 g/mol. The third-order valence-corrected chi connectivity index (χ3v) is 1.31. The molecular formula is C8H10ClMgNO2. The van der Waals surface area contributed by atoms with Crippen molar-refractivity contribution in [3.63, 3.8) is 0 Å². The fraction of sp³-hybridized carbons (Fsp3) is 0.250. The van der Waals surface area contributed by atoms with Gasteiger partial charge in [-0.1, -0.05) is 30.3 Å². The van der Waals surface area contributed by atoms with Gasteiger partial charge in [-0.05, 0) is 0 Å². The average Bonchev–Trinajstić information content (AvgIpc) is 1.85. The monoisotopic (exact) mass is 211 g/mol. The van der Waals surface area contributed by atoms with Crippen LogP contribution in [0.5, 0.6) is 0 Å². The topological polar surface area (TPSA) is 46.1 Å². The number of rotatable bonds is 2. The number of quaternary nitrogens is 1. The van der Waals surface area contributed by atoms with Crippen LogP contribution in [-0.2, 0) is 6.54 Å². The maximum absolute atomic E-state index is 10.7. The van der Waals surface area contributed by atoms with Crippen molar-refractivity contribution in [3.05, 3.63) is 46.3 Å². The van der Waals surface area contributed by atoms with Crippen LogP contribution in [0, 0.1) is 10.4 Å². The van der Waals surface area contributed by atoms with Crippen LogP contribution in [-0.4, -0.2) is 34.9 Å². The number of halogens is 1. The summed E-state index contributed by atoms with van der Waals surface area (Å²) < 4.78 is 0. The Labute approximate surface area is 100 Å². The third-order valence-electron chi connectivity index (χ3n) is 1.31. The fourth-order valence-electron chi connectivity index (χ4n) is 0.915. The van der Waals surface area contributed by atoms with Crippen molar-refractivity contribution < 1.29 is 17.2 Å². The minimum Gasteiger partial charge on any atom is -1.00 e. The van der Waals surface area contributed by atoms with Gasteiger partial charge in [0.1, 0.15) is 6.54 Å². The molecule has 0 aliphatic rings. The molecule has 5 heteroatoms. The maximum Gasteiger partial charge on any atom is 2.00 e. The molecule has 1 rings (SSSR count). The van der Waals surface area contributed by atoms with E-state index in [0.29, 0.717) is 0 Å². The number of nitrogens with zero attached hydrogens (tertiary/aromatic N) is 1. The van der Waals surface area contributed by atoms with Crippen molar-refractivity contribution >= 4 is 23.1 Å². The molecule has 0 amide bonds. The molecule has 0 aliphatic heterocycles. The molecule has 1 aromatic rings. The molecule has 0 heterocycles. The van der Waals surface area contributed by atoms with Crippen molar-refractivity contribution in [1.82, 2.24) is 0 Å².